The highest BCUT2D eigenvalue weighted by Gasteiger charge is 2.36. The van der Waals surface area contributed by atoms with E-state index in [1.54, 1.807) is 6.08 Å². The highest BCUT2D eigenvalue weighted by molar-refractivity contribution is 4.99. The van der Waals surface area contributed by atoms with Gasteiger partial charge in [-0.05, 0) is 25.2 Å². The predicted octanol–water partition coefficient (Wildman–Crippen LogP) is 1.45. The van der Waals surface area contributed by atoms with E-state index >= 15 is 0 Å². The van der Waals surface area contributed by atoms with Crippen molar-refractivity contribution in [2.45, 2.75) is 50.3 Å². The number of nitrogens with one attached hydrogen (secondary N) is 1. The smallest absolute Gasteiger partial charge is 0.0871 e. The molecule has 0 aromatic heterocycles. The molecule has 1 saturated carbocycles. The van der Waals surface area contributed by atoms with Gasteiger partial charge in [0.05, 0.1) is 6.10 Å². The van der Waals surface area contributed by atoms with Crippen molar-refractivity contribution in [2.75, 3.05) is 0 Å². The molecule has 0 spiro atoms. The highest BCUT2D eigenvalue weighted by atomic mass is 16.3. The van der Waals surface area contributed by atoms with Crippen LogP contribution >= 0.6 is 0 Å². The van der Waals surface area contributed by atoms with E-state index in [9.17, 15) is 5.11 Å². The first-order valence-electron chi connectivity index (χ1n) is 5.38. The Kier molecular flexibility index (Phi) is 2.70. The van der Waals surface area contributed by atoms with Crippen LogP contribution in [0.25, 0.3) is 0 Å². The molecule has 1 saturated heterocycles. The average molecular weight is 181 g/mol. The predicted molar refractivity (Wildman–Crippen MR) is 53.5 cm³/mol. The van der Waals surface area contributed by atoms with Gasteiger partial charge in [0.1, 0.15) is 0 Å². The molecule has 0 radical (unpaired) electrons. The largest absolute Gasteiger partial charge is 0.387 e. The van der Waals surface area contributed by atoms with Crippen molar-refractivity contribution < 1.29 is 5.11 Å². The van der Waals surface area contributed by atoms with E-state index in [1.807, 2.05) is 0 Å². The maximum atomic E-state index is 9.62. The van der Waals surface area contributed by atoms with E-state index in [0.717, 1.165) is 12.3 Å². The summed E-state index contributed by atoms with van der Waals surface area (Å²) in [5.74, 6) is 0.813. The Morgan fingerprint density at radius 1 is 1.38 bits per heavy atom. The molecule has 2 fully saturated rings. The maximum Gasteiger partial charge on any atom is 0.0871 e. The SMILES string of the molecule is C=CC(O)C1CC2CCCCC2N1. The molecule has 2 nitrogen and oxygen atoms in total. The van der Waals surface area contributed by atoms with Crippen molar-refractivity contribution >= 4 is 0 Å². The number of aliphatic hydroxyl groups is 1. The van der Waals surface area contributed by atoms with Crippen LogP contribution in [0.3, 0.4) is 0 Å². The van der Waals surface area contributed by atoms with E-state index in [2.05, 4.69) is 11.9 Å². The summed E-state index contributed by atoms with van der Waals surface area (Å²) >= 11 is 0. The van der Waals surface area contributed by atoms with Crippen LogP contribution in [0.4, 0.5) is 0 Å². The van der Waals surface area contributed by atoms with Crippen molar-refractivity contribution in [3.8, 4) is 0 Å². The van der Waals surface area contributed by atoms with Crippen LogP contribution in [0.1, 0.15) is 32.1 Å². The van der Waals surface area contributed by atoms with Crippen LogP contribution in [0.2, 0.25) is 0 Å². The first-order chi connectivity index (χ1) is 6.31. The fourth-order valence-electron chi connectivity index (χ4n) is 2.78. The maximum absolute atomic E-state index is 9.62. The first kappa shape index (κ1) is 9.22. The van der Waals surface area contributed by atoms with Gasteiger partial charge in [-0.1, -0.05) is 18.9 Å². The molecule has 13 heavy (non-hydrogen) atoms. The molecule has 1 aliphatic heterocycles. The number of fused-ring (bicyclic) bond motifs is 1. The second-order valence-corrected chi connectivity index (χ2v) is 4.39. The third kappa shape index (κ3) is 1.79. The van der Waals surface area contributed by atoms with E-state index < -0.39 is 0 Å². The van der Waals surface area contributed by atoms with E-state index in [0.29, 0.717) is 6.04 Å². The molecule has 2 rings (SSSR count). The molecule has 0 aromatic carbocycles. The fourth-order valence-corrected chi connectivity index (χ4v) is 2.78. The summed E-state index contributed by atoms with van der Waals surface area (Å²) in [6, 6.07) is 0.943. The van der Waals surface area contributed by atoms with Crippen molar-refractivity contribution in [3.63, 3.8) is 0 Å². The molecular formula is C11H19NO. The lowest BCUT2D eigenvalue weighted by atomic mass is 9.85. The van der Waals surface area contributed by atoms with E-state index in [4.69, 9.17) is 0 Å². The van der Waals surface area contributed by atoms with Gasteiger partial charge >= 0.3 is 0 Å². The minimum absolute atomic E-state index is 0.269. The molecule has 0 aromatic rings. The van der Waals surface area contributed by atoms with E-state index in [-0.39, 0.29) is 12.1 Å². The molecule has 1 aliphatic carbocycles. The summed E-state index contributed by atoms with van der Waals surface area (Å²) in [5, 5.41) is 13.1. The molecule has 4 unspecified atom stereocenters. The second-order valence-electron chi connectivity index (χ2n) is 4.39. The molecule has 4 atom stereocenters. The molecule has 0 bridgehead atoms. The van der Waals surface area contributed by atoms with Gasteiger partial charge in [-0.25, -0.2) is 0 Å². The normalized spacial score (nSPS) is 41.2. The number of aliphatic hydroxyl groups excluding tert-OH is 1. The monoisotopic (exact) mass is 181 g/mol. The lowest BCUT2D eigenvalue weighted by molar-refractivity contribution is 0.178. The van der Waals surface area contributed by atoms with Crippen molar-refractivity contribution in [1.82, 2.24) is 5.32 Å². The quantitative estimate of drug-likeness (QED) is 0.632. The molecule has 0 amide bonds. The van der Waals surface area contributed by atoms with Crippen molar-refractivity contribution in [3.05, 3.63) is 12.7 Å². The van der Waals surface area contributed by atoms with Crippen LogP contribution < -0.4 is 5.32 Å². The number of hydrogen-bond acceptors (Lipinski definition) is 2. The van der Waals surface area contributed by atoms with Gasteiger partial charge in [-0.2, -0.15) is 0 Å². The summed E-state index contributed by atoms with van der Waals surface area (Å²) < 4.78 is 0. The first-order valence-corrected chi connectivity index (χ1v) is 5.38. The molecule has 74 valence electrons. The Labute approximate surface area is 80.0 Å². The average Bonchev–Trinajstić information content (AvgIpc) is 2.59. The van der Waals surface area contributed by atoms with Gasteiger partial charge < -0.3 is 10.4 Å². The zero-order valence-electron chi connectivity index (χ0n) is 8.08. The molecule has 1 heterocycles. The molecule has 2 aliphatic rings. The Balaban J connectivity index is 1.94. The summed E-state index contributed by atoms with van der Waals surface area (Å²) in [5.41, 5.74) is 0. The standard InChI is InChI=1S/C11H19NO/c1-2-11(13)10-7-8-5-3-4-6-9(8)12-10/h2,8-13H,1,3-7H2. The van der Waals surface area contributed by atoms with Gasteiger partial charge in [0.15, 0.2) is 0 Å². The fraction of sp³-hybridized carbons (Fsp3) is 0.818. The number of hydrogen-bond donors (Lipinski definition) is 2. The van der Waals surface area contributed by atoms with Gasteiger partial charge in [0.25, 0.3) is 0 Å². The molecular weight excluding hydrogens is 162 g/mol. The lowest BCUT2D eigenvalue weighted by Gasteiger charge is -2.24. The minimum atomic E-state index is -0.356. The Morgan fingerprint density at radius 2 is 2.15 bits per heavy atom. The van der Waals surface area contributed by atoms with Gasteiger partial charge in [-0.15, -0.1) is 6.58 Å². The molecule has 2 N–H and O–H groups in total. The summed E-state index contributed by atoms with van der Waals surface area (Å²) in [4.78, 5) is 0. The minimum Gasteiger partial charge on any atom is -0.387 e. The van der Waals surface area contributed by atoms with Crippen LogP contribution in [-0.4, -0.2) is 23.3 Å². The van der Waals surface area contributed by atoms with Crippen molar-refractivity contribution in [2.24, 2.45) is 5.92 Å². The summed E-state index contributed by atoms with van der Waals surface area (Å²) in [6.45, 7) is 3.63. The van der Waals surface area contributed by atoms with Gasteiger partial charge in [0, 0.05) is 12.1 Å². The zero-order chi connectivity index (χ0) is 9.26. The lowest BCUT2D eigenvalue weighted by Crippen LogP contribution is -2.38. The van der Waals surface area contributed by atoms with Gasteiger partial charge in [0.2, 0.25) is 0 Å². The van der Waals surface area contributed by atoms with Crippen LogP contribution in [0.15, 0.2) is 12.7 Å². The van der Waals surface area contributed by atoms with E-state index in [1.165, 1.54) is 25.7 Å². The number of rotatable bonds is 2. The third-order valence-electron chi connectivity index (χ3n) is 3.55. The third-order valence-corrected chi connectivity index (χ3v) is 3.55. The summed E-state index contributed by atoms with van der Waals surface area (Å²) in [7, 11) is 0. The summed E-state index contributed by atoms with van der Waals surface area (Å²) in [6.07, 6.45) is 7.80. The highest BCUT2D eigenvalue weighted by Crippen LogP contribution is 2.34. The molecule has 2 heteroatoms. The van der Waals surface area contributed by atoms with Crippen LogP contribution in [0.5, 0.6) is 0 Å². The topological polar surface area (TPSA) is 32.3 Å². The second kappa shape index (κ2) is 3.81. The van der Waals surface area contributed by atoms with Crippen molar-refractivity contribution in [1.29, 1.82) is 0 Å². The van der Waals surface area contributed by atoms with Gasteiger partial charge in [-0.3, -0.25) is 0 Å². The van der Waals surface area contributed by atoms with Crippen LogP contribution in [0, 0.1) is 5.92 Å². The zero-order valence-corrected chi connectivity index (χ0v) is 8.08. The Bertz CT molecular complexity index is 179. The van der Waals surface area contributed by atoms with Crippen LogP contribution in [-0.2, 0) is 0 Å². The Morgan fingerprint density at radius 3 is 2.85 bits per heavy atom. The Hall–Kier alpha value is -0.340.